The topological polar surface area (TPSA) is 0 Å². The van der Waals surface area contributed by atoms with Crippen LogP contribution in [0.3, 0.4) is 0 Å². The number of hydrogen-bond acceptors (Lipinski definition) is 0. The molecule has 0 fully saturated rings. The minimum atomic E-state index is 0.399. The highest BCUT2D eigenvalue weighted by Gasteiger charge is 2.26. The standard InChI is InChI=1S/C37H54/c1-19(2)22(7)37(36-31(16)27(12)24(9)28(13)32(36)17)35(21(5)6)33(20(3)4)18-34-29(14)25(10)23(8)26(11)30(34)15/h20-21H,1,18H2,2-17H3/b35-33+,37-22+. The van der Waals surface area contributed by atoms with Crippen LogP contribution in [0.5, 0.6) is 0 Å². The zero-order valence-electron chi connectivity index (χ0n) is 27.1. The van der Waals surface area contributed by atoms with Crippen LogP contribution in [-0.4, -0.2) is 0 Å². The molecule has 0 spiro atoms. The number of hydrogen-bond donors (Lipinski definition) is 0. The maximum atomic E-state index is 4.43. The lowest BCUT2D eigenvalue weighted by atomic mass is 9.74. The van der Waals surface area contributed by atoms with Gasteiger partial charge in [0, 0.05) is 0 Å². The first-order valence-corrected chi connectivity index (χ1v) is 14.2. The van der Waals surface area contributed by atoms with Crippen molar-refractivity contribution < 1.29 is 0 Å². The minimum Gasteiger partial charge on any atom is -0.0958 e. The van der Waals surface area contributed by atoms with Gasteiger partial charge in [0.15, 0.2) is 0 Å². The predicted molar refractivity (Wildman–Crippen MR) is 168 cm³/mol. The third-order valence-corrected chi connectivity index (χ3v) is 9.68. The Kier molecular flexibility index (Phi) is 9.67. The summed E-state index contributed by atoms with van der Waals surface area (Å²) in [6.45, 7) is 41.5. The van der Waals surface area contributed by atoms with Crippen molar-refractivity contribution in [2.45, 2.75) is 117 Å². The second-order valence-electron chi connectivity index (χ2n) is 12.3. The van der Waals surface area contributed by atoms with Crippen molar-refractivity contribution in [1.82, 2.24) is 0 Å². The molecule has 0 aromatic heterocycles. The second-order valence-corrected chi connectivity index (χ2v) is 12.3. The van der Waals surface area contributed by atoms with E-state index < -0.39 is 0 Å². The number of allylic oxidation sites excluding steroid dienone is 5. The fourth-order valence-electron chi connectivity index (χ4n) is 6.08. The summed E-state index contributed by atoms with van der Waals surface area (Å²) in [6, 6.07) is 0. The zero-order valence-corrected chi connectivity index (χ0v) is 27.1. The molecule has 0 heteroatoms. The fourth-order valence-corrected chi connectivity index (χ4v) is 6.08. The van der Waals surface area contributed by atoms with Gasteiger partial charge in [-0.25, -0.2) is 0 Å². The first kappa shape index (κ1) is 30.9. The zero-order chi connectivity index (χ0) is 28.7. The van der Waals surface area contributed by atoms with E-state index >= 15 is 0 Å². The van der Waals surface area contributed by atoms with E-state index in [2.05, 4.69) is 117 Å². The molecule has 0 bridgehead atoms. The van der Waals surface area contributed by atoms with Gasteiger partial charge in [-0.2, -0.15) is 0 Å². The summed E-state index contributed by atoms with van der Waals surface area (Å²) in [4.78, 5) is 0. The lowest BCUT2D eigenvalue weighted by molar-refractivity contribution is 0.686. The number of rotatable bonds is 7. The van der Waals surface area contributed by atoms with Crippen LogP contribution in [0, 0.1) is 81.1 Å². The highest BCUT2D eigenvalue weighted by molar-refractivity contribution is 5.88. The van der Waals surface area contributed by atoms with E-state index in [1.807, 2.05) is 0 Å². The molecule has 202 valence electrons. The molecular weight excluding hydrogens is 444 g/mol. The van der Waals surface area contributed by atoms with E-state index in [-0.39, 0.29) is 0 Å². The summed E-state index contributed by atoms with van der Waals surface area (Å²) in [7, 11) is 0. The molecule has 2 rings (SSSR count). The molecule has 0 unspecified atom stereocenters. The van der Waals surface area contributed by atoms with Gasteiger partial charge in [0.1, 0.15) is 0 Å². The van der Waals surface area contributed by atoms with E-state index in [0.717, 1.165) is 12.0 Å². The van der Waals surface area contributed by atoms with Crippen molar-refractivity contribution in [3.63, 3.8) is 0 Å². The quantitative estimate of drug-likeness (QED) is 0.333. The highest BCUT2D eigenvalue weighted by atomic mass is 14.3. The van der Waals surface area contributed by atoms with Crippen molar-refractivity contribution in [3.8, 4) is 0 Å². The van der Waals surface area contributed by atoms with Crippen molar-refractivity contribution in [3.05, 3.63) is 95.6 Å². The monoisotopic (exact) mass is 498 g/mol. The molecule has 2 aromatic rings. The summed E-state index contributed by atoms with van der Waals surface area (Å²) in [5.74, 6) is 0.843. The van der Waals surface area contributed by atoms with Gasteiger partial charge in [0.05, 0.1) is 0 Å². The summed E-state index contributed by atoms with van der Waals surface area (Å²) in [6.07, 6.45) is 1.000. The van der Waals surface area contributed by atoms with E-state index in [1.54, 1.807) is 5.57 Å². The van der Waals surface area contributed by atoms with E-state index in [9.17, 15) is 0 Å². The molecule has 0 atom stereocenters. The summed E-state index contributed by atoms with van der Waals surface area (Å²) in [5, 5.41) is 0. The molecule has 0 radical (unpaired) electrons. The predicted octanol–water partition coefficient (Wildman–Crippen LogP) is 11.0. The maximum Gasteiger partial charge on any atom is -0.00529 e. The molecule has 2 aromatic carbocycles. The normalized spacial score (nSPS) is 13.4. The molecule has 0 N–H and O–H groups in total. The number of benzene rings is 2. The van der Waals surface area contributed by atoms with E-state index in [0.29, 0.717) is 11.8 Å². The Labute approximate surface area is 230 Å². The molecule has 0 amide bonds. The lowest BCUT2D eigenvalue weighted by Gasteiger charge is -2.31. The van der Waals surface area contributed by atoms with Crippen LogP contribution in [0.25, 0.3) is 5.57 Å². The summed E-state index contributed by atoms with van der Waals surface area (Å²) >= 11 is 0. The van der Waals surface area contributed by atoms with Gasteiger partial charge in [0.2, 0.25) is 0 Å². The molecule has 0 saturated heterocycles. The van der Waals surface area contributed by atoms with Crippen LogP contribution >= 0.6 is 0 Å². The van der Waals surface area contributed by atoms with Crippen molar-refractivity contribution in [2.24, 2.45) is 11.8 Å². The molecular formula is C37H54. The van der Waals surface area contributed by atoms with Crippen LogP contribution in [0.1, 0.15) is 108 Å². The van der Waals surface area contributed by atoms with Crippen molar-refractivity contribution in [2.75, 3.05) is 0 Å². The van der Waals surface area contributed by atoms with Crippen LogP contribution in [0.4, 0.5) is 0 Å². The van der Waals surface area contributed by atoms with Gasteiger partial charge < -0.3 is 0 Å². The molecule has 0 aliphatic rings. The molecule has 0 aliphatic carbocycles. The lowest BCUT2D eigenvalue weighted by Crippen LogP contribution is -2.15. The fraction of sp³-hybridized carbons (Fsp3) is 0.514. The Morgan fingerprint density at radius 2 is 0.892 bits per heavy atom. The van der Waals surface area contributed by atoms with Gasteiger partial charge in [-0.1, -0.05) is 45.4 Å². The Morgan fingerprint density at radius 1 is 0.541 bits per heavy atom. The average molecular weight is 499 g/mol. The van der Waals surface area contributed by atoms with Crippen LogP contribution in [0.2, 0.25) is 0 Å². The first-order chi connectivity index (χ1) is 17.0. The average Bonchev–Trinajstić information content (AvgIpc) is 2.83. The largest absolute Gasteiger partial charge is 0.0958 e. The van der Waals surface area contributed by atoms with Crippen LogP contribution < -0.4 is 0 Å². The third kappa shape index (κ3) is 5.59. The molecule has 37 heavy (non-hydrogen) atoms. The minimum absolute atomic E-state index is 0.399. The van der Waals surface area contributed by atoms with Gasteiger partial charge in [-0.15, -0.1) is 0 Å². The van der Waals surface area contributed by atoms with Gasteiger partial charge in [0.25, 0.3) is 0 Å². The van der Waals surface area contributed by atoms with Gasteiger partial charge in [-0.3, -0.25) is 0 Å². The van der Waals surface area contributed by atoms with Gasteiger partial charge >= 0.3 is 0 Å². The first-order valence-electron chi connectivity index (χ1n) is 14.2. The molecule has 0 aliphatic heterocycles. The van der Waals surface area contributed by atoms with Crippen molar-refractivity contribution in [1.29, 1.82) is 0 Å². The van der Waals surface area contributed by atoms with Crippen LogP contribution in [0.15, 0.2) is 28.9 Å². The Balaban J connectivity index is 3.14. The summed E-state index contributed by atoms with van der Waals surface area (Å²) < 4.78 is 0. The Bertz CT molecular complexity index is 1240. The Hall–Kier alpha value is -2.34. The molecule has 0 nitrogen and oxygen atoms in total. The van der Waals surface area contributed by atoms with Gasteiger partial charge in [-0.05, 0) is 185 Å². The maximum absolute atomic E-state index is 4.43. The smallest absolute Gasteiger partial charge is 0.00529 e. The molecule has 0 saturated carbocycles. The molecule has 0 heterocycles. The SMILES string of the molecule is C=C(C)/C(C)=C(\C(=C(/Cc1c(C)c(C)c(C)c(C)c1C)C(C)C)C(C)C)c1c(C)c(C)c(C)c(C)c1C. The van der Waals surface area contributed by atoms with E-state index in [4.69, 9.17) is 0 Å². The Morgan fingerprint density at radius 3 is 1.22 bits per heavy atom. The van der Waals surface area contributed by atoms with E-state index in [1.165, 1.54) is 83.5 Å². The second kappa shape index (κ2) is 11.6. The summed E-state index contributed by atoms with van der Waals surface area (Å²) in [5.41, 5.74) is 24.2. The highest BCUT2D eigenvalue weighted by Crippen LogP contribution is 2.43. The van der Waals surface area contributed by atoms with Crippen LogP contribution in [-0.2, 0) is 6.42 Å². The third-order valence-electron chi connectivity index (χ3n) is 9.68. The van der Waals surface area contributed by atoms with Crippen molar-refractivity contribution >= 4 is 5.57 Å².